The van der Waals surface area contributed by atoms with E-state index < -0.39 is 0 Å². The van der Waals surface area contributed by atoms with E-state index in [0.29, 0.717) is 5.25 Å². The Morgan fingerprint density at radius 2 is 2.27 bits per heavy atom. The van der Waals surface area contributed by atoms with Crippen molar-refractivity contribution in [2.24, 2.45) is 5.92 Å². The van der Waals surface area contributed by atoms with Gasteiger partial charge in [-0.25, -0.2) is 0 Å². The van der Waals surface area contributed by atoms with Crippen LogP contribution in [0.25, 0.3) is 0 Å². The van der Waals surface area contributed by atoms with Gasteiger partial charge in [-0.2, -0.15) is 12.6 Å². The molecule has 0 N–H and O–H groups in total. The van der Waals surface area contributed by atoms with Crippen molar-refractivity contribution in [2.45, 2.75) is 31.9 Å². The van der Waals surface area contributed by atoms with Crippen molar-refractivity contribution < 1.29 is 0 Å². The number of rotatable bonds is 2. The van der Waals surface area contributed by atoms with Crippen molar-refractivity contribution in [3.05, 3.63) is 0 Å². The normalized spacial score (nSPS) is 34.1. The number of hydrogen-bond acceptors (Lipinski definition) is 2. The zero-order chi connectivity index (χ0) is 8.27. The Morgan fingerprint density at radius 1 is 1.55 bits per heavy atom. The van der Waals surface area contributed by atoms with Gasteiger partial charge in [0, 0.05) is 11.8 Å². The molecular weight excluding hydrogens is 154 g/mol. The lowest BCUT2D eigenvalue weighted by atomic mass is 9.98. The first-order valence-electron chi connectivity index (χ1n) is 4.64. The zero-order valence-corrected chi connectivity index (χ0v) is 8.48. The average Bonchev–Trinajstić information content (AvgIpc) is 1.98. The molecule has 0 radical (unpaired) electrons. The Hall–Kier alpha value is 0.310. The van der Waals surface area contributed by atoms with Gasteiger partial charge in [0.1, 0.15) is 0 Å². The summed E-state index contributed by atoms with van der Waals surface area (Å²) in [6, 6.07) is 0. The van der Waals surface area contributed by atoms with Crippen LogP contribution in [0.4, 0.5) is 0 Å². The lowest BCUT2D eigenvalue weighted by molar-refractivity contribution is 0.200. The lowest BCUT2D eigenvalue weighted by Gasteiger charge is -2.34. The van der Waals surface area contributed by atoms with Crippen LogP contribution in [-0.2, 0) is 0 Å². The van der Waals surface area contributed by atoms with Gasteiger partial charge in [0.05, 0.1) is 0 Å². The van der Waals surface area contributed by atoms with E-state index in [4.69, 9.17) is 0 Å². The van der Waals surface area contributed by atoms with E-state index in [0.717, 1.165) is 5.92 Å². The molecule has 0 saturated carbocycles. The minimum absolute atomic E-state index is 0.607. The smallest absolute Gasteiger partial charge is 0.0170 e. The Labute approximate surface area is 75.6 Å². The Morgan fingerprint density at radius 3 is 2.82 bits per heavy atom. The van der Waals surface area contributed by atoms with Gasteiger partial charge in [-0.05, 0) is 31.8 Å². The highest BCUT2D eigenvalue weighted by atomic mass is 32.1. The third-order valence-electron chi connectivity index (χ3n) is 2.54. The van der Waals surface area contributed by atoms with Gasteiger partial charge in [-0.3, -0.25) is 0 Å². The molecule has 11 heavy (non-hydrogen) atoms. The quantitative estimate of drug-likeness (QED) is 0.625. The minimum Gasteiger partial charge on any atom is -0.302 e. The molecule has 1 aliphatic rings. The van der Waals surface area contributed by atoms with Gasteiger partial charge in [-0.1, -0.05) is 13.8 Å². The van der Waals surface area contributed by atoms with Crippen LogP contribution in [0.1, 0.15) is 26.7 Å². The Bertz CT molecular complexity index is 116. The molecule has 2 unspecified atom stereocenters. The summed E-state index contributed by atoms with van der Waals surface area (Å²) >= 11 is 4.57. The van der Waals surface area contributed by atoms with E-state index in [2.05, 4.69) is 31.4 Å². The standard InChI is InChI=1S/C9H19NS/c1-3-5-10-6-4-8(2)9(11)7-10/h8-9,11H,3-7H2,1-2H3. The van der Waals surface area contributed by atoms with Gasteiger partial charge in [0.25, 0.3) is 0 Å². The van der Waals surface area contributed by atoms with Gasteiger partial charge in [-0.15, -0.1) is 0 Å². The average molecular weight is 173 g/mol. The number of hydrogen-bond donors (Lipinski definition) is 1. The van der Waals surface area contributed by atoms with E-state index in [1.165, 1.54) is 32.5 Å². The summed E-state index contributed by atoms with van der Waals surface area (Å²) in [4.78, 5) is 2.53. The highest BCUT2D eigenvalue weighted by Gasteiger charge is 2.22. The fraction of sp³-hybridized carbons (Fsp3) is 1.00. The zero-order valence-electron chi connectivity index (χ0n) is 7.58. The van der Waals surface area contributed by atoms with Crippen LogP contribution in [0.15, 0.2) is 0 Å². The molecule has 0 aromatic carbocycles. The van der Waals surface area contributed by atoms with Gasteiger partial charge in [0.2, 0.25) is 0 Å². The maximum Gasteiger partial charge on any atom is 0.0170 e. The van der Waals surface area contributed by atoms with Crippen molar-refractivity contribution in [1.82, 2.24) is 4.90 Å². The molecule has 0 amide bonds. The van der Waals surface area contributed by atoms with Crippen molar-refractivity contribution in [1.29, 1.82) is 0 Å². The summed E-state index contributed by atoms with van der Waals surface area (Å²) in [6.07, 6.45) is 2.60. The SMILES string of the molecule is CCCN1CCC(C)C(S)C1. The number of nitrogens with zero attached hydrogens (tertiary/aromatic N) is 1. The van der Waals surface area contributed by atoms with Crippen molar-refractivity contribution in [3.63, 3.8) is 0 Å². The van der Waals surface area contributed by atoms with Crippen LogP contribution in [0.2, 0.25) is 0 Å². The Kier molecular flexibility index (Phi) is 3.73. The Balaban J connectivity index is 2.28. The fourth-order valence-corrected chi connectivity index (χ4v) is 2.01. The second-order valence-electron chi connectivity index (χ2n) is 3.63. The number of likely N-dealkylation sites (tertiary alicyclic amines) is 1. The number of piperidine rings is 1. The predicted octanol–water partition coefficient (Wildman–Crippen LogP) is 2.04. The van der Waals surface area contributed by atoms with Gasteiger partial charge >= 0.3 is 0 Å². The van der Waals surface area contributed by atoms with E-state index in [1.54, 1.807) is 0 Å². The molecule has 1 fully saturated rings. The second-order valence-corrected chi connectivity index (χ2v) is 4.30. The monoisotopic (exact) mass is 173 g/mol. The summed E-state index contributed by atoms with van der Waals surface area (Å²) in [7, 11) is 0. The molecule has 0 spiro atoms. The van der Waals surface area contributed by atoms with Crippen LogP contribution in [0.5, 0.6) is 0 Å². The molecular formula is C9H19NS. The highest BCUT2D eigenvalue weighted by molar-refractivity contribution is 7.81. The summed E-state index contributed by atoms with van der Waals surface area (Å²) in [5, 5.41) is 0.607. The molecule has 0 aromatic heterocycles. The third kappa shape index (κ3) is 2.68. The first-order chi connectivity index (χ1) is 5.24. The summed E-state index contributed by atoms with van der Waals surface area (Å²) < 4.78 is 0. The molecule has 2 heteroatoms. The van der Waals surface area contributed by atoms with Crippen molar-refractivity contribution >= 4 is 12.6 Å². The summed E-state index contributed by atoms with van der Waals surface area (Å²) in [5.74, 6) is 0.812. The van der Waals surface area contributed by atoms with Crippen LogP contribution >= 0.6 is 12.6 Å². The lowest BCUT2D eigenvalue weighted by Crippen LogP contribution is -2.40. The molecule has 66 valence electrons. The maximum atomic E-state index is 4.57. The molecule has 2 atom stereocenters. The first kappa shape index (κ1) is 9.40. The third-order valence-corrected chi connectivity index (χ3v) is 3.21. The molecule has 1 aliphatic heterocycles. The van der Waals surface area contributed by atoms with Crippen molar-refractivity contribution in [2.75, 3.05) is 19.6 Å². The topological polar surface area (TPSA) is 3.24 Å². The van der Waals surface area contributed by atoms with E-state index in [1.807, 2.05) is 0 Å². The fourth-order valence-electron chi connectivity index (χ4n) is 1.63. The minimum atomic E-state index is 0.607. The summed E-state index contributed by atoms with van der Waals surface area (Å²) in [6.45, 7) is 8.28. The summed E-state index contributed by atoms with van der Waals surface area (Å²) in [5.41, 5.74) is 0. The highest BCUT2D eigenvalue weighted by Crippen LogP contribution is 2.21. The molecule has 1 heterocycles. The first-order valence-corrected chi connectivity index (χ1v) is 5.16. The van der Waals surface area contributed by atoms with E-state index in [9.17, 15) is 0 Å². The van der Waals surface area contributed by atoms with Crippen LogP contribution in [-0.4, -0.2) is 29.8 Å². The van der Waals surface area contributed by atoms with Gasteiger partial charge < -0.3 is 4.90 Å². The van der Waals surface area contributed by atoms with Crippen LogP contribution in [0, 0.1) is 5.92 Å². The predicted molar refractivity (Wildman–Crippen MR) is 53.3 cm³/mol. The van der Waals surface area contributed by atoms with E-state index >= 15 is 0 Å². The maximum absolute atomic E-state index is 4.57. The van der Waals surface area contributed by atoms with Crippen LogP contribution < -0.4 is 0 Å². The van der Waals surface area contributed by atoms with Gasteiger partial charge in [0.15, 0.2) is 0 Å². The van der Waals surface area contributed by atoms with E-state index in [-0.39, 0.29) is 0 Å². The molecule has 1 saturated heterocycles. The van der Waals surface area contributed by atoms with Crippen LogP contribution in [0.3, 0.4) is 0 Å². The molecule has 0 aromatic rings. The second kappa shape index (κ2) is 4.36. The van der Waals surface area contributed by atoms with Crippen molar-refractivity contribution in [3.8, 4) is 0 Å². The number of thiol groups is 1. The molecule has 1 rings (SSSR count). The molecule has 0 bridgehead atoms. The largest absolute Gasteiger partial charge is 0.302 e. The molecule has 0 aliphatic carbocycles. The molecule has 1 nitrogen and oxygen atoms in total.